The summed E-state index contributed by atoms with van der Waals surface area (Å²) in [6.45, 7) is 2.78. The standard InChI is InChI=1S/C21H33NO5/c1-22(14-17-6-4-3-5-7-17)19-8-9-21(13-20(19)23)12-18(15-27-21)26-16-25-11-10-24-2/h3-7,18-20,23H,8-16H2,1-2H3. The van der Waals surface area contributed by atoms with Crippen molar-refractivity contribution in [3.8, 4) is 0 Å². The zero-order chi connectivity index (χ0) is 19.1. The highest BCUT2D eigenvalue weighted by Gasteiger charge is 2.47. The first-order valence-corrected chi connectivity index (χ1v) is 9.86. The molecule has 1 spiro atoms. The molecule has 0 radical (unpaired) electrons. The van der Waals surface area contributed by atoms with Gasteiger partial charge in [-0.15, -0.1) is 0 Å². The number of aliphatic hydroxyl groups is 1. The van der Waals surface area contributed by atoms with Gasteiger partial charge in [0.2, 0.25) is 0 Å². The second kappa shape index (κ2) is 9.96. The molecule has 4 atom stereocenters. The first-order valence-electron chi connectivity index (χ1n) is 9.86. The number of aliphatic hydroxyl groups excluding tert-OH is 1. The monoisotopic (exact) mass is 379 g/mol. The van der Waals surface area contributed by atoms with Crippen LogP contribution in [0.3, 0.4) is 0 Å². The van der Waals surface area contributed by atoms with Gasteiger partial charge < -0.3 is 24.1 Å². The van der Waals surface area contributed by atoms with E-state index in [9.17, 15) is 5.11 Å². The molecule has 1 aliphatic carbocycles. The summed E-state index contributed by atoms with van der Waals surface area (Å²) in [4.78, 5) is 2.26. The molecule has 2 fully saturated rings. The van der Waals surface area contributed by atoms with Gasteiger partial charge in [-0.1, -0.05) is 30.3 Å². The number of ether oxygens (including phenoxy) is 4. The Morgan fingerprint density at radius 1 is 1.22 bits per heavy atom. The van der Waals surface area contributed by atoms with Gasteiger partial charge in [-0.25, -0.2) is 0 Å². The van der Waals surface area contributed by atoms with E-state index in [2.05, 4.69) is 36.2 Å². The van der Waals surface area contributed by atoms with Crippen molar-refractivity contribution in [2.45, 2.75) is 56.1 Å². The summed E-state index contributed by atoms with van der Waals surface area (Å²) in [7, 11) is 3.75. The van der Waals surface area contributed by atoms with Crippen LogP contribution in [0.25, 0.3) is 0 Å². The maximum Gasteiger partial charge on any atom is 0.147 e. The molecule has 1 N–H and O–H groups in total. The molecule has 3 rings (SSSR count). The Labute approximate surface area is 162 Å². The first kappa shape index (κ1) is 20.7. The van der Waals surface area contributed by atoms with Crippen LogP contribution in [0.2, 0.25) is 0 Å². The third-order valence-electron chi connectivity index (χ3n) is 5.76. The third kappa shape index (κ3) is 5.73. The quantitative estimate of drug-likeness (QED) is 0.524. The van der Waals surface area contributed by atoms with Crippen LogP contribution in [0, 0.1) is 0 Å². The molecule has 2 aliphatic rings. The highest BCUT2D eigenvalue weighted by atomic mass is 16.7. The van der Waals surface area contributed by atoms with E-state index < -0.39 is 0 Å². The lowest BCUT2D eigenvalue weighted by Crippen LogP contribution is -2.50. The second-order valence-corrected chi connectivity index (χ2v) is 7.78. The molecule has 1 aromatic rings. The predicted molar refractivity (Wildman–Crippen MR) is 102 cm³/mol. The van der Waals surface area contributed by atoms with Crippen molar-refractivity contribution in [3.05, 3.63) is 35.9 Å². The summed E-state index contributed by atoms with van der Waals surface area (Å²) < 4.78 is 22.2. The Morgan fingerprint density at radius 3 is 2.78 bits per heavy atom. The number of benzene rings is 1. The highest BCUT2D eigenvalue weighted by Crippen LogP contribution is 2.41. The fraction of sp³-hybridized carbons (Fsp3) is 0.714. The molecule has 152 valence electrons. The maximum atomic E-state index is 10.8. The van der Waals surface area contributed by atoms with E-state index in [1.807, 2.05) is 6.07 Å². The molecular formula is C21H33NO5. The van der Waals surface area contributed by atoms with Gasteiger partial charge in [0.25, 0.3) is 0 Å². The van der Waals surface area contributed by atoms with Gasteiger partial charge in [0.1, 0.15) is 6.79 Å². The molecule has 0 amide bonds. The number of hydrogen-bond acceptors (Lipinski definition) is 6. The molecule has 1 aliphatic heterocycles. The van der Waals surface area contributed by atoms with Crippen molar-refractivity contribution in [1.29, 1.82) is 0 Å². The van der Waals surface area contributed by atoms with Crippen molar-refractivity contribution in [1.82, 2.24) is 4.90 Å². The minimum Gasteiger partial charge on any atom is -0.391 e. The summed E-state index contributed by atoms with van der Waals surface area (Å²) in [5, 5.41) is 10.8. The molecule has 0 bridgehead atoms. The lowest BCUT2D eigenvalue weighted by molar-refractivity contribution is -0.0997. The molecule has 0 aromatic heterocycles. The minimum atomic E-state index is -0.385. The molecule has 1 heterocycles. The maximum absolute atomic E-state index is 10.8. The molecule has 6 nitrogen and oxygen atoms in total. The van der Waals surface area contributed by atoms with E-state index in [0.717, 1.165) is 25.8 Å². The van der Waals surface area contributed by atoms with Gasteiger partial charge >= 0.3 is 0 Å². The normalized spacial score (nSPS) is 31.0. The lowest BCUT2D eigenvalue weighted by atomic mass is 9.78. The largest absolute Gasteiger partial charge is 0.391 e. The van der Waals surface area contributed by atoms with E-state index in [-0.39, 0.29) is 30.6 Å². The number of methoxy groups -OCH3 is 1. The van der Waals surface area contributed by atoms with Gasteiger partial charge in [0.05, 0.1) is 37.6 Å². The number of likely N-dealkylation sites (N-methyl/N-ethyl adjacent to an activating group) is 1. The third-order valence-corrected chi connectivity index (χ3v) is 5.76. The van der Waals surface area contributed by atoms with E-state index in [1.165, 1.54) is 5.56 Å². The van der Waals surface area contributed by atoms with E-state index in [4.69, 9.17) is 18.9 Å². The van der Waals surface area contributed by atoms with Gasteiger partial charge in [-0.2, -0.15) is 0 Å². The molecule has 1 saturated heterocycles. The van der Waals surface area contributed by atoms with E-state index in [0.29, 0.717) is 26.2 Å². The molecule has 4 unspecified atom stereocenters. The molecule has 1 aromatic carbocycles. The van der Waals surface area contributed by atoms with Crippen LogP contribution in [0.1, 0.15) is 31.2 Å². The average Bonchev–Trinajstić information content (AvgIpc) is 3.04. The average molecular weight is 379 g/mol. The van der Waals surface area contributed by atoms with Gasteiger partial charge in [0, 0.05) is 32.5 Å². The molecular weight excluding hydrogens is 346 g/mol. The smallest absolute Gasteiger partial charge is 0.147 e. The number of hydrogen-bond donors (Lipinski definition) is 1. The van der Waals surface area contributed by atoms with Crippen LogP contribution in [0.5, 0.6) is 0 Å². The predicted octanol–water partition coefficient (Wildman–Crippen LogP) is 2.20. The second-order valence-electron chi connectivity index (χ2n) is 7.78. The zero-order valence-corrected chi connectivity index (χ0v) is 16.5. The Morgan fingerprint density at radius 2 is 2.04 bits per heavy atom. The SMILES string of the molecule is COCCOCOC1COC2(CCC(N(C)Cc3ccccc3)C(O)C2)C1. The Hall–Kier alpha value is -1.02. The lowest BCUT2D eigenvalue weighted by Gasteiger charge is -2.43. The van der Waals surface area contributed by atoms with Gasteiger partial charge in [0.15, 0.2) is 0 Å². The van der Waals surface area contributed by atoms with Crippen LogP contribution >= 0.6 is 0 Å². The van der Waals surface area contributed by atoms with E-state index in [1.54, 1.807) is 7.11 Å². The molecule has 27 heavy (non-hydrogen) atoms. The Kier molecular flexibility index (Phi) is 7.64. The fourth-order valence-electron chi connectivity index (χ4n) is 4.30. The minimum absolute atomic E-state index is 0.0401. The van der Waals surface area contributed by atoms with Crippen LogP contribution < -0.4 is 0 Å². The first-order chi connectivity index (χ1) is 13.1. The molecule has 1 saturated carbocycles. The van der Waals surface area contributed by atoms with Gasteiger partial charge in [-0.05, 0) is 25.5 Å². The van der Waals surface area contributed by atoms with Crippen molar-refractivity contribution >= 4 is 0 Å². The highest BCUT2D eigenvalue weighted by molar-refractivity contribution is 5.14. The summed E-state index contributed by atoms with van der Waals surface area (Å²) in [6.07, 6.45) is 3.04. The van der Waals surface area contributed by atoms with Crippen LogP contribution in [0.4, 0.5) is 0 Å². The van der Waals surface area contributed by atoms with Crippen molar-refractivity contribution in [2.75, 3.05) is 40.8 Å². The fourth-order valence-corrected chi connectivity index (χ4v) is 4.30. The number of nitrogens with zero attached hydrogens (tertiary/aromatic N) is 1. The summed E-state index contributed by atoms with van der Waals surface area (Å²) in [5.74, 6) is 0. The van der Waals surface area contributed by atoms with E-state index >= 15 is 0 Å². The van der Waals surface area contributed by atoms with Crippen molar-refractivity contribution in [3.63, 3.8) is 0 Å². The Bertz CT molecular complexity index is 557. The van der Waals surface area contributed by atoms with Crippen molar-refractivity contribution < 1.29 is 24.1 Å². The summed E-state index contributed by atoms with van der Waals surface area (Å²) >= 11 is 0. The van der Waals surface area contributed by atoms with Crippen molar-refractivity contribution in [2.24, 2.45) is 0 Å². The summed E-state index contributed by atoms with van der Waals surface area (Å²) in [5.41, 5.74) is 1.02. The van der Waals surface area contributed by atoms with Gasteiger partial charge in [-0.3, -0.25) is 4.90 Å². The van der Waals surface area contributed by atoms with Crippen LogP contribution in [0.15, 0.2) is 30.3 Å². The number of rotatable bonds is 9. The topological polar surface area (TPSA) is 60.4 Å². The molecule has 6 heteroatoms. The van der Waals surface area contributed by atoms with Crippen LogP contribution in [-0.2, 0) is 25.5 Å². The zero-order valence-electron chi connectivity index (χ0n) is 16.5. The Balaban J connectivity index is 1.44. The summed E-state index contributed by atoms with van der Waals surface area (Å²) in [6, 6.07) is 10.6. The van der Waals surface area contributed by atoms with Crippen LogP contribution in [-0.4, -0.2) is 74.6 Å².